The van der Waals surface area contributed by atoms with Crippen molar-refractivity contribution in [3.8, 4) is 28.7 Å². The minimum absolute atomic E-state index is 0.0886. The third-order valence-electron chi connectivity index (χ3n) is 11.8. The number of hydrogen-bond donors (Lipinski definition) is 2. The molecule has 0 saturated heterocycles. The predicted octanol–water partition coefficient (Wildman–Crippen LogP) is 10.9. The van der Waals surface area contributed by atoms with Gasteiger partial charge in [0.15, 0.2) is 0 Å². The van der Waals surface area contributed by atoms with Crippen molar-refractivity contribution in [2.24, 2.45) is 0 Å². The highest BCUT2D eigenvalue weighted by molar-refractivity contribution is 7.44. The Hall–Kier alpha value is -5.80. The van der Waals surface area contributed by atoms with Gasteiger partial charge in [0.1, 0.15) is 29.7 Å². The van der Waals surface area contributed by atoms with Crippen LogP contribution in [0.25, 0.3) is 11.1 Å². The van der Waals surface area contributed by atoms with Crippen molar-refractivity contribution in [3.63, 3.8) is 0 Å². The average Bonchev–Trinajstić information content (AvgIpc) is 3.67. The SMILES string of the molecule is COc1ccc(C(OC[C@H](NC(=O)OCC2c3ccccc3-c3ccccc32)C(=O)NCCCCCCOP(OCCC#N)N(C(C)C)C(C)C)(c2ccccc2)c2ccc(OC)cc2)cc1. The summed E-state index contributed by atoms with van der Waals surface area (Å²) in [5, 5.41) is 15.0. The van der Waals surface area contributed by atoms with E-state index in [1.54, 1.807) is 14.2 Å². The van der Waals surface area contributed by atoms with Crippen molar-refractivity contribution in [1.82, 2.24) is 15.3 Å². The highest BCUT2D eigenvalue weighted by Gasteiger charge is 2.40. The fraction of sp³-hybridized carbons (Fsp3) is 0.389. The standard InChI is InChI=1S/C54H65N4O8P/c1-39(2)58(40(3)4)67(66-36-18-33-55)65-35-17-8-7-16-34-56-52(59)51(57-53(60)63-37-50-48-23-14-12-21-46(48)47-22-13-15-24-49(47)50)38-64-54(41-19-10-9-11-20-41,42-25-29-44(61-5)30-26-42)43-27-31-45(62-6)32-28-43/h9-15,19-32,39-40,50-51H,7-8,16-18,34-38H2,1-6H3,(H,56,59)(H,57,60)/t51-,67?/m0/s1. The first-order valence-electron chi connectivity index (χ1n) is 23.2. The van der Waals surface area contributed by atoms with E-state index >= 15 is 0 Å². The summed E-state index contributed by atoms with van der Waals surface area (Å²) < 4.78 is 38.6. The van der Waals surface area contributed by atoms with Gasteiger partial charge in [-0.05, 0) is 104 Å². The number of carbonyl (C=O) groups is 2. The predicted molar refractivity (Wildman–Crippen MR) is 263 cm³/mol. The Labute approximate surface area is 397 Å². The molecule has 0 aromatic heterocycles. The maximum atomic E-state index is 14.3. The molecule has 0 fully saturated rings. The summed E-state index contributed by atoms with van der Waals surface area (Å²) in [6.45, 7) is 9.60. The number of fused-ring (bicyclic) bond motifs is 3. The topological polar surface area (TPSA) is 141 Å². The number of benzene rings is 5. The second-order valence-electron chi connectivity index (χ2n) is 16.9. The molecule has 0 heterocycles. The normalized spacial score (nSPS) is 13.1. The summed E-state index contributed by atoms with van der Waals surface area (Å²) in [5.74, 6) is 0.801. The van der Waals surface area contributed by atoms with Gasteiger partial charge in [-0.25, -0.2) is 9.46 Å². The lowest BCUT2D eigenvalue weighted by Gasteiger charge is -2.37. The Morgan fingerprint density at radius 2 is 1.21 bits per heavy atom. The van der Waals surface area contributed by atoms with Crippen LogP contribution in [0.4, 0.5) is 4.79 Å². The second-order valence-corrected chi connectivity index (χ2v) is 18.4. The molecule has 1 aliphatic rings. The number of rotatable bonds is 26. The number of hydrogen-bond acceptors (Lipinski definition) is 10. The van der Waals surface area contributed by atoms with Gasteiger partial charge in [-0.3, -0.25) is 4.79 Å². The monoisotopic (exact) mass is 928 g/mol. The van der Waals surface area contributed by atoms with E-state index in [2.05, 4.69) is 73.3 Å². The molecule has 1 aliphatic carbocycles. The largest absolute Gasteiger partial charge is 0.497 e. The van der Waals surface area contributed by atoms with E-state index in [0.717, 1.165) is 58.2 Å². The molecule has 0 aliphatic heterocycles. The highest BCUT2D eigenvalue weighted by Crippen LogP contribution is 2.47. The van der Waals surface area contributed by atoms with Crippen LogP contribution < -0.4 is 20.1 Å². The lowest BCUT2D eigenvalue weighted by Crippen LogP contribution is -2.51. The Morgan fingerprint density at radius 1 is 0.687 bits per heavy atom. The number of unbranched alkanes of at least 4 members (excludes halogenated alkanes) is 3. The van der Waals surface area contributed by atoms with Crippen LogP contribution in [-0.4, -0.2) is 82.0 Å². The van der Waals surface area contributed by atoms with Crippen LogP contribution in [0.15, 0.2) is 127 Å². The van der Waals surface area contributed by atoms with Gasteiger partial charge in [-0.2, -0.15) is 5.26 Å². The molecule has 0 spiro atoms. The Bertz CT molecular complexity index is 2260. The minimum Gasteiger partial charge on any atom is -0.497 e. The number of methoxy groups -OCH3 is 2. The number of alkyl carbamates (subject to hydrolysis) is 1. The van der Waals surface area contributed by atoms with Gasteiger partial charge in [0.25, 0.3) is 8.53 Å². The molecule has 12 nitrogen and oxygen atoms in total. The van der Waals surface area contributed by atoms with E-state index in [4.69, 9.17) is 33.3 Å². The van der Waals surface area contributed by atoms with E-state index < -0.39 is 32.2 Å². The highest BCUT2D eigenvalue weighted by atomic mass is 31.2. The lowest BCUT2D eigenvalue weighted by molar-refractivity contribution is -0.126. The zero-order valence-corrected chi connectivity index (χ0v) is 40.5. The first-order valence-corrected chi connectivity index (χ1v) is 24.3. The van der Waals surface area contributed by atoms with E-state index in [0.29, 0.717) is 44.1 Å². The molecule has 2 amide bonds. The molecular weight excluding hydrogens is 864 g/mol. The van der Waals surface area contributed by atoms with Crippen LogP contribution in [0.3, 0.4) is 0 Å². The molecule has 0 saturated carbocycles. The second kappa shape index (κ2) is 25.4. The minimum atomic E-state index is -1.30. The van der Waals surface area contributed by atoms with E-state index in [9.17, 15) is 9.59 Å². The van der Waals surface area contributed by atoms with Gasteiger partial charge in [0, 0.05) is 24.5 Å². The molecule has 2 N–H and O–H groups in total. The Morgan fingerprint density at radius 3 is 1.76 bits per heavy atom. The number of nitrogens with zero attached hydrogens (tertiary/aromatic N) is 2. The van der Waals surface area contributed by atoms with Gasteiger partial charge in [0.05, 0.1) is 46.5 Å². The zero-order chi connectivity index (χ0) is 47.6. The third kappa shape index (κ3) is 13.0. The number of nitrogens with one attached hydrogen (secondary N) is 2. The van der Waals surface area contributed by atoms with Crippen LogP contribution >= 0.6 is 8.53 Å². The van der Waals surface area contributed by atoms with Gasteiger partial charge in [-0.1, -0.05) is 116 Å². The van der Waals surface area contributed by atoms with Crippen molar-refractivity contribution >= 4 is 20.5 Å². The first kappa shape index (κ1) is 50.6. The molecule has 6 rings (SSSR count). The van der Waals surface area contributed by atoms with Gasteiger partial charge >= 0.3 is 6.09 Å². The van der Waals surface area contributed by atoms with Gasteiger partial charge in [0.2, 0.25) is 5.91 Å². The third-order valence-corrected chi connectivity index (χ3v) is 13.9. The van der Waals surface area contributed by atoms with Crippen LogP contribution in [0.2, 0.25) is 0 Å². The molecule has 5 aromatic carbocycles. The molecule has 354 valence electrons. The number of amides is 2. The summed E-state index contributed by atoms with van der Waals surface area (Å²) in [4.78, 5) is 28.2. The molecule has 0 radical (unpaired) electrons. The molecule has 67 heavy (non-hydrogen) atoms. The summed E-state index contributed by atoms with van der Waals surface area (Å²) >= 11 is 0. The number of ether oxygens (including phenoxy) is 4. The summed E-state index contributed by atoms with van der Waals surface area (Å²) in [7, 11) is 1.94. The van der Waals surface area contributed by atoms with Crippen molar-refractivity contribution < 1.29 is 37.6 Å². The number of nitriles is 1. The van der Waals surface area contributed by atoms with Crippen molar-refractivity contribution in [3.05, 3.63) is 155 Å². The fourth-order valence-corrected chi connectivity index (χ4v) is 10.2. The molecule has 5 aromatic rings. The van der Waals surface area contributed by atoms with Crippen molar-refractivity contribution in [2.75, 3.05) is 47.2 Å². The van der Waals surface area contributed by atoms with Crippen molar-refractivity contribution in [2.45, 2.75) is 89.4 Å². The van der Waals surface area contributed by atoms with Crippen LogP contribution in [0, 0.1) is 11.3 Å². The molecule has 1 unspecified atom stereocenters. The van der Waals surface area contributed by atoms with Crippen LogP contribution in [0.1, 0.15) is 93.5 Å². The molecule has 0 bridgehead atoms. The Balaban J connectivity index is 1.17. The Kier molecular flexibility index (Phi) is 19.2. The van der Waals surface area contributed by atoms with E-state index in [1.165, 1.54) is 0 Å². The zero-order valence-electron chi connectivity index (χ0n) is 39.6. The van der Waals surface area contributed by atoms with Crippen molar-refractivity contribution in [1.29, 1.82) is 5.26 Å². The van der Waals surface area contributed by atoms with Gasteiger partial charge < -0.3 is 38.6 Å². The maximum absolute atomic E-state index is 14.3. The van der Waals surface area contributed by atoms with Crippen LogP contribution in [-0.2, 0) is 28.9 Å². The molecular formula is C54H65N4O8P. The van der Waals surface area contributed by atoms with Crippen LogP contribution in [0.5, 0.6) is 11.5 Å². The molecule has 2 atom stereocenters. The summed E-state index contributed by atoms with van der Waals surface area (Å²) in [6, 6.07) is 42.9. The maximum Gasteiger partial charge on any atom is 0.407 e. The van der Waals surface area contributed by atoms with E-state index in [1.807, 2.05) is 103 Å². The fourth-order valence-electron chi connectivity index (χ4n) is 8.62. The molecule has 13 heteroatoms. The summed E-state index contributed by atoms with van der Waals surface area (Å²) in [6.07, 6.45) is 2.85. The quantitative estimate of drug-likeness (QED) is 0.0313. The van der Waals surface area contributed by atoms with Gasteiger partial charge in [-0.15, -0.1) is 0 Å². The smallest absolute Gasteiger partial charge is 0.407 e. The average molecular weight is 929 g/mol. The number of carbonyl (C=O) groups excluding carboxylic acids is 2. The lowest BCUT2D eigenvalue weighted by atomic mass is 9.80. The first-order chi connectivity index (χ1) is 32.6. The summed E-state index contributed by atoms with van der Waals surface area (Å²) in [5.41, 5.74) is 5.58. The van der Waals surface area contributed by atoms with E-state index in [-0.39, 0.29) is 31.2 Å².